The molecule has 2 aromatic heterocycles. The zero-order chi connectivity index (χ0) is 17.6. The zero-order valence-electron chi connectivity index (χ0n) is 13.8. The summed E-state index contributed by atoms with van der Waals surface area (Å²) in [5.41, 5.74) is 0.808. The molecule has 3 aromatic rings. The summed E-state index contributed by atoms with van der Waals surface area (Å²) in [7, 11) is 0. The van der Waals surface area contributed by atoms with Crippen LogP contribution in [0.3, 0.4) is 0 Å². The molecular weight excluding hydrogens is 343 g/mol. The number of hydrogen-bond donors (Lipinski definition) is 3. The third kappa shape index (κ3) is 3.01. The number of aromatic nitrogens is 3. The second-order valence-corrected chi connectivity index (χ2v) is 7.53. The summed E-state index contributed by atoms with van der Waals surface area (Å²) in [5, 5.41) is 24.7. The molecule has 0 amide bonds. The molecule has 1 fully saturated rings. The number of nitrogens with one attached hydrogen (secondary N) is 1. The summed E-state index contributed by atoms with van der Waals surface area (Å²) < 4.78 is 15.3. The van der Waals surface area contributed by atoms with E-state index in [1.54, 1.807) is 13.0 Å². The summed E-state index contributed by atoms with van der Waals surface area (Å²) in [6.07, 6.45) is 1.11. The molecule has 0 spiro atoms. The van der Waals surface area contributed by atoms with E-state index in [9.17, 15) is 14.6 Å². The lowest BCUT2D eigenvalue weighted by Crippen LogP contribution is -3.13. The van der Waals surface area contributed by atoms with Gasteiger partial charge in [-0.25, -0.2) is 9.37 Å². The van der Waals surface area contributed by atoms with Gasteiger partial charge in [0.2, 0.25) is 10.8 Å². The number of rotatable bonds is 3. The number of quaternary nitrogens is 1. The van der Waals surface area contributed by atoms with Crippen molar-refractivity contribution in [3.8, 4) is 5.88 Å². The minimum Gasteiger partial charge on any atom is -0.492 e. The number of hydrogen-bond acceptors (Lipinski definition) is 5. The Bertz CT molecular complexity index is 901. The first-order valence-electron chi connectivity index (χ1n) is 8.36. The first-order valence-corrected chi connectivity index (χ1v) is 9.17. The van der Waals surface area contributed by atoms with Crippen molar-refractivity contribution in [2.75, 3.05) is 13.1 Å². The van der Waals surface area contributed by atoms with Gasteiger partial charge in [-0.3, -0.25) is 0 Å². The van der Waals surface area contributed by atoms with Crippen LogP contribution in [0.2, 0.25) is 0 Å². The quantitative estimate of drug-likeness (QED) is 0.651. The van der Waals surface area contributed by atoms with Gasteiger partial charge in [-0.15, -0.1) is 5.10 Å². The van der Waals surface area contributed by atoms with Crippen LogP contribution in [-0.2, 0) is 0 Å². The number of thiazole rings is 1. The maximum atomic E-state index is 13.8. The molecule has 1 saturated heterocycles. The third-order valence-electron chi connectivity index (χ3n) is 4.76. The van der Waals surface area contributed by atoms with Crippen molar-refractivity contribution in [1.82, 2.24) is 14.6 Å². The summed E-state index contributed by atoms with van der Waals surface area (Å²) in [6.45, 7) is 3.29. The zero-order valence-corrected chi connectivity index (χ0v) is 14.6. The maximum absolute atomic E-state index is 13.8. The summed E-state index contributed by atoms with van der Waals surface area (Å²) in [6, 6.07) is 6.29. The van der Waals surface area contributed by atoms with Crippen LogP contribution in [-0.4, -0.2) is 44.0 Å². The van der Waals surface area contributed by atoms with Crippen LogP contribution in [0.1, 0.15) is 35.1 Å². The van der Waals surface area contributed by atoms with Crippen molar-refractivity contribution in [2.24, 2.45) is 0 Å². The molecule has 1 aliphatic rings. The Labute approximate surface area is 148 Å². The lowest BCUT2D eigenvalue weighted by Gasteiger charge is -2.33. The van der Waals surface area contributed by atoms with Crippen LogP contribution in [0.15, 0.2) is 24.3 Å². The highest BCUT2D eigenvalue weighted by atomic mass is 32.1. The fourth-order valence-electron chi connectivity index (χ4n) is 3.56. The number of fused-ring (bicyclic) bond motifs is 1. The van der Waals surface area contributed by atoms with Crippen LogP contribution in [0.25, 0.3) is 4.96 Å². The highest BCUT2D eigenvalue weighted by molar-refractivity contribution is 7.17. The predicted molar refractivity (Wildman–Crippen MR) is 91.4 cm³/mol. The molecule has 8 heteroatoms. The van der Waals surface area contributed by atoms with E-state index < -0.39 is 0 Å². The van der Waals surface area contributed by atoms with Crippen LogP contribution < -0.4 is 4.90 Å². The predicted octanol–water partition coefficient (Wildman–Crippen LogP) is 1.07. The monoisotopic (exact) mass is 363 g/mol. The number of nitrogens with zero attached hydrogens (tertiary/aromatic N) is 3. The fraction of sp³-hybridized carbons (Fsp3) is 0.412. The van der Waals surface area contributed by atoms with Crippen molar-refractivity contribution in [3.05, 3.63) is 46.3 Å². The lowest BCUT2D eigenvalue weighted by atomic mass is 9.99. The van der Waals surface area contributed by atoms with Crippen molar-refractivity contribution in [2.45, 2.75) is 31.9 Å². The summed E-state index contributed by atoms with van der Waals surface area (Å²) in [5.74, 6) is 0.367. The van der Waals surface area contributed by atoms with Gasteiger partial charge >= 0.3 is 0 Å². The molecule has 132 valence electrons. The molecular formula is C17H20FN4O2S+. The van der Waals surface area contributed by atoms with E-state index in [1.165, 1.54) is 32.9 Å². The average molecular weight is 363 g/mol. The van der Waals surface area contributed by atoms with Crippen molar-refractivity contribution < 1.29 is 19.5 Å². The maximum Gasteiger partial charge on any atom is 0.235 e. The van der Waals surface area contributed by atoms with Crippen LogP contribution in [0.4, 0.5) is 4.39 Å². The van der Waals surface area contributed by atoms with E-state index in [2.05, 4.69) is 10.1 Å². The largest absolute Gasteiger partial charge is 0.492 e. The molecule has 3 N–H and O–H groups in total. The van der Waals surface area contributed by atoms with Gasteiger partial charge in [0.05, 0.1) is 19.2 Å². The molecule has 0 aliphatic carbocycles. The minimum absolute atomic E-state index is 0.0634. The van der Waals surface area contributed by atoms with Crippen LogP contribution >= 0.6 is 11.3 Å². The van der Waals surface area contributed by atoms with E-state index in [1.807, 2.05) is 6.07 Å². The van der Waals surface area contributed by atoms with E-state index in [-0.39, 0.29) is 23.8 Å². The molecule has 0 saturated carbocycles. The van der Waals surface area contributed by atoms with Crippen molar-refractivity contribution in [3.63, 3.8) is 0 Å². The standard InChI is InChI=1S/C17H19FN4O2S/c1-10-19-17-22(20-10)16(24)15(25-17)14(11-3-2-4-12(18)9-11)21-7-5-13(23)6-8-21/h2-4,9,13-14,23-24H,5-8H2,1H3/p+1/t14-/m0/s1. The highest BCUT2D eigenvalue weighted by Gasteiger charge is 2.35. The van der Waals surface area contributed by atoms with Gasteiger partial charge in [-0.2, -0.15) is 4.52 Å². The Hall–Kier alpha value is -2.03. The van der Waals surface area contributed by atoms with Crippen LogP contribution in [0, 0.1) is 12.7 Å². The average Bonchev–Trinajstić information content (AvgIpc) is 3.08. The van der Waals surface area contributed by atoms with E-state index in [4.69, 9.17) is 0 Å². The SMILES string of the molecule is Cc1nc2sc([C@H](c3cccc(F)c3)[NH+]3CCC(O)CC3)c(O)n2n1. The van der Waals surface area contributed by atoms with Crippen LogP contribution in [0.5, 0.6) is 5.88 Å². The van der Waals surface area contributed by atoms with Gasteiger partial charge in [-0.05, 0) is 19.1 Å². The van der Waals surface area contributed by atoms with E-state index in [0.29, 0.717) is 23.6 Å². The number of aliphatic hydroxyl groups is 1. The number of halogens is 1. The molecule has 6 nitrogen and oxygen atoms in total. The first-order chi connectivity index (χ1) is 12.0. The van der Waals surface area contributed by atoms with Gasteiger partial charge in [0.15, 0.2) is 6.04 Å². The normalized spacial score (nSPS) is 22.4. The fourth-order valence-corrected chi connectivity index (χ4v) is 4.74. The van der Waals surface area contributed by atoms with Gasteiger partial charge in [0, 0.05) is 18.4 Å². The molecule has 4 rings (SSSR count). The topological polar surface area (TPSA) is 75.1 Å². The van der Waals surface area contributed by atoms with Crippen molar-refractivity contribution in [1.29, 1.82) is 0 Å². The van der Waals surface area contributed by atoms with Crippen molar-refractivity contribution >= 4 is 16.3 Å². The molecule has 1 aliphatic heterocycles. The van der Waals surface area contributed by atoms with Gasteiger partial charge in [-0.1, -0.05) is 23.5 Å². The Morgan fingerprint density at radius 3 is 2.80 bits per heavy atom. The number of aromatic hydroxyl groups is 1. The highest BCUT2D eigenvalue weighted by Crippen LogP contribution is 2.35. The number of piperidine rings is 1. The Morgan fingerprint density at radius 2 is 2.12 bits per heavy atom. The number of likely N-dealkylation sites (tertiary alicyclic amines) is 1. The number of aryl methyl sites for hydroxylation is 1. The molecule has 0 radical (unpaired) electrons. The van der Waals surface area contributed by atoms with E-state index >= 15 is 0 Å². The number of benzene rings is 1. The summed E-state index contributed by atoms with van der Waals surface area (Å²) in [4.78, 5) is 6.89. The molecule has 0 bridgehead atoms. The third-order valence-corrected chi connectivity index (χ3v) is 5.84. The van der Waals surface area contributed by atoms with Gasteiger partial charge in [0.1, 0.15) is 16.5 Å². The molecule has 0 unspecified atom stereocenters. The first kappa shape index (κ1) is 16.4. The smallest absolute Gasteiger partial charge is 0.235 e. The summed E-state index contributed by atoms with van der Waals surface area (Å²) >= 11 is 1.38. The van der Waals surface area contributed by atoms with Gasteiger partial charge < -0.3 is 15.1 Å². The molecule has 1 atom stereocenters. The molecule has 3 heterocycles. The lowest BCUT2D eigenvalue weighted by molar-refractivity contribution is -0.931. The Balaban J connectivity index is 1.81. The number of aliphatic hydroxyl groups excluding tert-OH is 1. The second kappa shape index (κ2) is 6.36. The van der Waals surface area contributed by atoms with Gasteiger partial charge in [0.25, 0.3) is 0 Å². The van der Waals surface area contributed by atoms with E-state index in [0.717, 1.165) is 23.5 Å². The minimum atomic E-state index is -0.297. The Kier molecular flexibility index (Phi) is 4.18. The molecule has 1 aromatic carbocycles. The second-order valence-electron chi connectivity index (χ2n) is 6.52. The Morgan fingerprint density at radius 1 is 1.36 bits per heavy atom. The molecule has 25 heavy (non-hydrogen) atoms.